The van der Waals surface area contributed by atoms with Gasteiger partial charge in [-0.1, -0.05) is 125 Å². The van der Waals surface area contributed by atoms with E-state index in [1.807, 2.05) is 0 Å². The van der Waals surface area contributed by atoms with Gasteiger partial charge in [-0.05, 0) is 106 Å². The summed E-state index contributed by atoms with van der Waals surface area (Å²) in [6.45, 7) is 22.5. The van der Waals surface area contributed by atoms with Crippen LogP contribution in [0.5, 0.6) is 0 Å². The molecule has 0 aromatic heterocycles. The van der Waals surface area contributed by atoms with Gasteiger partial charge in [0.2, 0.25) is 0 Å². The Labute approximate surface area is 242 Å². The van der Waals surface area contributed by atoms with Crippen LogP contribution in [0.25, 0.3) is 11.1 Å². The zero-order valence-electron chi connectivity index (χ0n) is 24.9. The van der Waals surface area contributed by atoms with Crippen LogP contribution in [-0.4, -0.2) is 0 Å². The number of hydrogen-bond donors (Lipinski definition) is 0. The summed E-state index contributed by atoms with van der Waals surface area (Å²) in [7, 11) is 0. The zero-order valence-corrected chi connectivity index (χ0v) is 24.9. The van der Waals surface area contributed by atoms with Gasteiger partial charge in [0.05, 0.1) is 0 Å². The summed E-state index contributed by atoms with van der Waals surface area (Å²) in [6, 6.07) is 18.2. The number of fused-ring (bicyclic) bond motifs is 1. The van der Waals surface area contributed by atoms with Gasteiger partial charge in [-0.2, -0.15) is 0 Å². The number of hydrogen-bond acceptors (Lipinski definition) is 0. The molecular formula is C40H44. The van der Waals surface area contributed by atoms with Crippen molar-refractivity contribution in [2.24, 2.45) is 5.92 Å². The van der Waals surface area contributed by atoms with Gasteiger partial charge in [-0.25, -0.2) is 0 Å². The van der Waals surface area contributed by atoms with Gasteiger partial charge in [-0.15, -0.1) is 0 Å². The molecule has 3 aliphatic rings. The van der Waals surface area contributed by atoms with Crippen LogP contribution in [0.15, 0.2) is 132 Å². The molecule has 204 valence electrons. The first-order valence-corrected chi connectivity index (χ1v) is 15.1. The van der Waals surface area contributed by atoms with Crippen LogP contribution in [0.4, 0.5) is 0 Å². The van der Waals surface area contributed by atoms with Crippen molar-refractivity contribution in [3.63, 3.8) is 0 Å². The second kappa shape index (κ2) is 11.8. The number of aryl methyl sites for hydroxylation is 1. The Morgan fingerprint density at radius 2 is 1.70 bits per heavy atom. The molecule has 5 rings (SSSR count). The highest BCUT2D eigenvalue weighted by molar-refractivity contribution is 5.77. The standard InChI is InChI=1S/C40H44/c1-8-12-27(5)38-28(6)21-37-25-36(29(7)39(37)40(38)32-18-15-30(10-3)16-19-32)23-31-17-20-35(22-31)34-14-11-13-33(24-34)26(4)9-2/h11,13-21,23-24,39-40H,4-5,7-10,12,22,25H2,1-3,6H3. The van der Waals surface area contributed by atoms with E-state index in [0.717, 1.165) is 38.5 Å². The van der Waals surface area contributed by atoms with Gasteiger partial charge in [0.25, 0.3) is 0 Å². The Kier molecular flexibility index (Phi) is 8.27. The van der Waals surface area contributed by atoms with E-state index in [2.05, 4.69) is 114 Å². The minimum Gasteiger partial charge on any atom is -0.0955 e. The second-order valence-corrected chi connectivity index (χ2v) is 11.7. The maximum absolute atomic E-state index is 4.74. The molecule has 3 aliphatic carbocycles. The topological polar surface area (TPSA) is 0 Å². The van der Waals surface area contributed by atoms with Crippen molar-refractivity contribution in [1.82, 2.24) is 0 Å². The summed E-state index contributed by atoms with van der Waals surface area (Å²) >= 11 is 0. The molecule has 0 aliphatic heterocycles. The highest BCUT2D eigenvalue weighted by Gasteiger charge is 2.40. The SMILES string of the molecule is C=C(CCC)C1=C(C)C=C2CC(=CC3=CC=C(c4cccc(C(=C)CC)c4)C3)C(=C)C2C1c1ccc(CC)cc1. The second-order valence-electron chi connectivity index (χ2n) is 11.7. The highest BCUT2D eigenvalue weighted by atomic mass is 14.4. The quantitative estimate of drug-likeness (QED) is 0.306. The maximum atomic E-state index is 4.74. The zero-order chi connectivity index (χ0) is 28.4. The predicted molar refractivity (Wildman–Crippen MR) is 175 cm³/mol. The molecule has 2 aromatic rings. The molecule has 0 heterocycles. The molecule has 1 fully saturated rings. The first-order valence-electron chi connectivity index (χ1n) is 15.1. The van der Waals surface area contributed by atoms with Crippen molar-refractivity contribution in [3.8, 4) is 0 Å². The van der Waals surface area contributed by atoms with E-state index < -0.39 is 0 Å². The fraction of sp³-hybridized carbons (Fsp3) is 0.300. The van der Waals surface area contributed by atoms with Gasteiger partial charge >= 0.3 is 0 Å². The summed E-state index contributed by atoms with van der Waals surface area (Å²) in [6.07, 6.45) is 15.6. The third kappa shape index (κ3) is 5.37. The van der Waals surface area contributed by atoms with E-state index in [1.54, 1.807) is 0 Å². The summed E-state index contributed by atoms with van der Waals surface area (Å²) in [5, 5.41) is 0. The molecule has 0 saturated heterocycles. The lowest BCUT2D eigenvalue weighted by Gasteiger charge is -2.34. The normalized spacial score (nSPS) is 21.4. The highest BCUT2D eigenvalue weighted by Crippen LogP contribution is 2.55. The minimum absolute atomic E-state index is 0.281. The minimum atomic E-state index is 0.281. The molecule has 0 bridgehead atoms. The van der Waals surface area contributed by atoms with Gasteiger partial charge < -0.3 is 0 Å². The van der Waals surface area contributed by atoms with Crippen molar-refractivity contribution in [1.29, 1.82) is 0 Å². The van der Waals surface area contributed by atoms with Crippen molar-refractivity contribution < 1.29 is 0 Å². The largest absolute Gasteiger partial charge is 0.0955 e. The molecule has 0 nitrogen and oxygen atoms in total. The number of benzene rings is 2. The average Bonchev–Trinajstić information content (AvgIpc) is 3.56. The van der Waals surface area contributed by atoms with Crippen LogP contribution in [0.1, 0.15) is 88.0 Å². The van der Waals surface area contributed by atoms with Crippen LogP contribution < -0.4 is 0 Å². The molecule has 0 heteroatoms. The van der Waals surface area contributed by atoms with E-state index in [1.165, 1.54) is 72.4 Å². The molecule has 2 unspecified atom stereocenters. The van der Waals surface area contributed by atoms with E-state index in [0.29, 0.717) is 5.92 Å². The van der Waals surface area contributed by atoms with Gasteiger partial charge in [-0.3, -0.25) is 0 Å². The van der Waals surface area contributed by atoms with Crippen molar-refractivity contribution in [2.75, 3.05) is 0 Å². The fourth-order valence-electron chi connectivity index (χ4n) is 6.80. The third-order valence-electron chi connectivity index (χ3n) is 9.05. The Balaban J connectivity index is 1.42. The average molecular weight is 525 g/mol. The van der Waals surface area contributed by atoms with E-state index in [4.69, 9.17) is 6.58 Å². The van der Waals surface area contributed by atoms with Crippen molar-refractivity contribution >= 4 is 11.1 Å². The molecule has 0 N–H and O–H groups in total. The fourth-order valence-corrected chi connectivity index (χ4v) is 6.80. The van der Waals surface area contributed by atoms with Gasteiger partial charge in [0.15, 0.2) is 0 Å². The van der Waals surface area contributed by atoms with Gasteiger partial charge in [0, 0.05) is 11.8 Å². The smallest absolute Gasteiger partial charge is 0.0201 e. The molecule has 0 radical (unpaired) electrons. The van der Waals surface area contributed by atoms with Crippen LogP contribution in [-0.2, 0) is 6.42 Å². The number of allylic oxidation sites excluding steroid dienone is 13. The van der Waals surface area contributed by atoms with Crippen LogP contribution in [0.3, 0.4) is 0 Å². The van der Waals surface area contributed by atoms with E-state index in [-0.39, 0.29) is 5.92 Å². The summed E-state index contributed by atoms with van der Waals surface area (Å²) < 4.78 is 0. The Hall–Kier alpha value is -3.64. The first kappa shape index (κ1) is 27.9. The molecule has 2 aromatic carbocycles. The van der Waals surface area contributed by atoms with E-state index in [9.17, 15) is 0 Å². The monoisotopic (exact) mass is 524 g/mol. The molecule has 0 amide bonds. The third-order valence-corrected chi connectivity index (χ3v) is 9.05. The Morgan fingerprint density at radius 3 is 2.40 bits per heavy atom. The maximum Gasteiger partial charge on any atom is 0.0201 e. The van der Waals surface area contributed by atoms with Crippen LogP contribution in [0, 0.1) is 5.92 Å². The summed E-state index contributed by atoms with van der Waals surface area (Å²) in [5.74, 6) is 0.584. The van der Waals surface area contributed by atoms with Crippen LogP contribution >= 0.6 is 0 Å². The lowest BCUT2D eigenvalue weighted by atomic mass is 9.69. The lowest BCUT2D eigenvalue weighted by Crippen LogP contribution is -2.21. The Morgan fingerprint density at radius 1 is 0.925 bits per heavy atom. The Bertz CT molecular complexity index is 1510. The number of rotatable bonds is 9. The summed E-state index contributed by atoms with van der Waals surface area (Å²) in [5.41, 5.74) is 17.5. The van der Waals surface area contributed by atoms with Gasteiger partial charge in [0.1, 0.15) is 0 Å². The summed E-state index contributed by atoms with van der Waals surface area (Å²) in [4.78, 5) is 0. The lowest BCUT2D eigenvalue weighted by molar-refractivity contribution is 0.619. The van der Waals surface area contributed by atoms with E-state index >= 15 is 0 Å². The first-order chi connectivity index (χ1) is 19.3. The van der Waals surface area contributed by atoms with Crippen molar-refractivity contribution in [3.05, 3.63) is 154 Å². The molecular weight excluding hydrogens is 480 g/mol. The molecule has 40 heavy (non-hydrogen) atoms. The molecule has 1 saturated carbocycles. The van der Waals surface area contributed by atoms with Crippen molar-refractivity contribution in [2.45, 2.75) is 72.1 Å². The molecule has 2 atom stereocenters. The predicted octanol–water partition coefficient (Wildman–Crippen LogP) is 11.3. The van der Waals surface area contributed by atoms with Crippen LogP contribution in [0.2, 0.25) is 0 Å². The molecule has 0 spiro atoms.